The molecule has 0 aliphatic carbocycles. The molecule has 0 unspecified atom stereocenters. The number of nitrogens with one attached hydrogen (secondary N) is 1. The number of carbonyl (C=O) groups excluding carboxylic acids is 2. The van der Waals surface area contributed by atoms with Crippen LogP contribution in [0.15, 0.2) is 48.5 Å². The fraction of sp³-hybridized carbons (Fsp3) is 0.300. The second-order valence-corrected chi connectivity index (χ2v) is 6.33. The van der Waals surface area contributed by atoms with Crippen LogP contribution in [-0.4, -0.2) is 48.5 Å². The molecule has 0 saturated heterocycles. The van der Waals surface area contributed by atoms with E-state index in [0.29, 0.717) is 0 Å². The number of carbonyl (C=O) groups is 2. The summed E-state index contributed by atoms with van der Waals surface area (Å²) in [6.45, 7) is 0. The van der Waals surface area contributed by atoms with Crippen molar-refractivity contribution in [2.45, 2.75) is 24.2 Å². The van der Waals surface area contributed by atoms with Gasteiger partial charge in [-0.1, -0.05) is 36.4 Å². The first-order valence-electron chi connectivity index (χ1n) is 8.64. The predicted molar refractivity (Wildman–Crippen MR) is 98.6 cm³/mol. The highest BCUT2D eigenvalue weighted by atomic mass is 19.4. The Morgan fingerprint density at radius 3 is 2.17 bits per heavy atom. The highest BCUT2D eigenvalue weighted by Gasteiger charge is 2.63. The first-order chi connectivity index (χ1) is 14.1. The van der Waals surface area contributed by atoms with Crippen LogP contribution in [0.2, 0.25) is 0 Å². The highest BCUT2D eigenvalue weighted by molar-refractivity contribution is 5.91. The lowest BCUT2D eigenvalue weighted by Gasteiger charge is -2.34. The summed E-state index contributed by atoms with van der Waals surface area (Å²) in [6, 6.07) is 8.35. The molecular formula is C20H20F3NO6. The predicted octanol–water partition coefficient (Wildman–Crippen LogP) is 2.40. The van der Waals surface area contributed by atoms with Crippen LogP contribution in [0.5, 0.6) is 11.5 Å². The normalized spacial score (nSPS) is 14.4. The van der Waals surface area contributed by atoms with E-state index >= 15 is 0 Å². The average Bonchev–Trinajstić information content (AvgIpc) is 2.70. The van der Waals surface area contributed by atoms with E-state index in [0.717, 1.165) is 38.5 Å². The smallest absolute Gasteiger partial charge is 0.430 e. The highest BCUT2D eigenvalue weighted by Crippen LogP contribution is 2.42. The van der Waals surface area contributed by atoms with E-state index in [2.05, 4.69) is 9.47 Å². The third-order valence-corrected chi connectivity index (χ3v) is 4.48. The molecule has 0 fully saturated rings. The largest absolute Gasteiger partial charge is 0.504 e. The van der Waals surface area contributed by atoms with Crippen LogP contribution >= 0.6 is 0 Å². The second kappa shape index (κ2) is 9.04. The summed E-state index contributed by atoms with van der Waals surface area (Å²) in [5.74, 6) is -3.52. The van der Waals surface area contributed by atoms with Crippen LogP contribution in [0.3, 0.4) is 0 Å². The van der Waals surface area contributed by atoms with Crippen molar-refractivity contribution in [3.05, 3.63) is 59.7 Å². The topological polar surface area (TPSA) is 105 Å². The quantitative estimate of drug-likeness (QED) is 0.463. The van der Waals surface area contributed by atoms with Crippen molar-refractivity contribution >= 4 is 11.9 Å². The second-order valence-electron chi connectivity index (χ2n) is 6.33. The Balaban J connectivity index is 2.42. The first kappa shape index (κ1) is 23.0. The van der Waals surface area contributed by atoms with Crippen LogP contribution in [0.1, 0.15) is 11.1 Å². The number of aromatic hydroxyl groups is 2. The van der Waals surface area contributed by atoms with E-state index in [-0.39, 0.29) is 12.0 Å². The maximum atomic E-state index is 14.0. The van der Waals surface area contributed by atoms with Gasteiger partial charge in [0.15, 0.2) is 11.5 Å². The Kier molecular flexibility index (Phi) is 6.93. The molecule has 0 spiro atoms. The molecule has 3 N–H and O–H groups in total. The molecule has 2 aromatic rings. The maximum absolute atomic E-state index is 14.0. The molecule has 30 heavy (non-hydrogen) atoms. The SMILES string of the molecule is COC(=O)[C@H](Cc1ccc(O)c(O)c1)NC(=O)[C@](OC)(c1ccccc1)C(F)(F)F. The number of phenols is 2. The zero-order valence-corrected chi connectivity index (χ0v) is 16.1. The van der Waals surface area contributed by atoms with Crippen molar-refractivity contribution in [1.82, 2.24) is 5.32 Å². The van der Waals surface area contributed by atoms with Gasteiger partial charge in [-0.3, -0.25) is 4.79 Å². The number of phenolic OH excluding ortho intramolecular Hbond substituents is 2. The Bertz CT molecular complexity index is 903. The lowest BCUT2D eigenvalue weighted by Crippen LogP contribution is -2.59. The Hall–Kier alpha value is -3.27. The minimum Gasteiger partial charge on any atom is -0.504 e. The van der Waals surface area contributed by atoms with Crippen LogP contribution in [0.25, 0.3) is 0 Å². The van der Waals surface area contributed by atoms with Gasteiger partial charge in [-0.25, -0.2) is 4.79 Å². The van der Waals surface area contributed by atoms with Gasteiger partial charge in [-0.15, -0.1) is 0 Å². The van der Waals surface area contributed by atoms with Crippen LogP contribution < -0.4 is 5.32 Å². The molecule has 0 bridgehead atoms. The molecule has 0 aliphatic rings. The van der Waals surface area contributed by atoms with Crippen molar-refractivity contribution < 1.29 is 42.4 Å². The summed E-state index contributed by atoms with van der Waals surface area (Å²) < 4.78 is 51.3. The number of halogens is 3. The summed E-state index contributed by atoms with van der Waals surface area (Å²) in [6.07, 6.45) is -5.46. The number of methoxy groups -OCH3 is 2. The maximum Gasteiger partial charge on any atom is 0.430 e. The van der Waals surface area contributed by atoms with Crippen LogP contribution in [0.4, 0.5) is 13.2 Å². The van der Waals surface area contributed by atoms with Gasteiger partial charge in [0.2, 0.25) is 0 Å². The third kappa shape index (κ3) is 4.48. The van der Waals surface area contributed by atoms with Crippen molar-refractivity contribution in [2.24, 2.45) is 0 Å². The Labute approximate surface area is 170 Å². The van der Waals surface area contributed by atoms with Gasteiger partial charge >= 0.3 is 12.1 Å². The Morgan fingerprint density at radius 1 is 1.03 bits per heavy atom. The third-order valence-electron chi connectivity index (χ3n) is 4.48. The zero-order valence-electron chi connectivity index (χ0n) is 16.1. The zero-order chi connectivity index (χ0) is 22.5. The fourth-order valence-corrected chi connectivity index (χ4v) is 2.95. The molecule has 7 nitrogen and oxygen atoms in total. The number of esters is 1. The van der Waals surface area contributed by atoms with E-state index in [9.17, 15) is 33.0 Å². The number of ether oxygens (including phenoxy) is 2. The number of benzene rings is 2. The van der Waals surface area contributed by atoms with Gasteiger partial charge in [0.1, 0.15) is 6.04 Å². The molecule has 0 aromatic heterocycles. The molecule has 0 heterocycles. The van der Waals surface area contributed by atoms with E-state index in [1.54, 1.807) is 0 Å². The molecule has 162 valence electrons. The van der Waals surface area contributed by atoms with Gasteiger partial charge in [0, 0.05) is 19.1 Å². The number of amides is 1. The summed E-state index contributed by atoms with van der Waals surface area (Å²) in [5.41, 5.74) is -3.57. The average molecular weight is 427 g/mol. The van der Waals surface area contributed by atoms with Gasteiger partial charge in [0.25, 0.3) is 11.5 Å². The van der Waals surface area contributed by atoms with Crippen molar-refractivity contribution in [1.29, 1.82) is 0 Å². The van der Waals surface area contributed by atoms with E-state index in [4.69, 9.17) is 0 Å². The standard InChI is InChI=1S/C20H20F3NO6/c1-29-17(27)14(10-12-8-9-15(25)16(26)11-12)24-18(28)19(30-2,20(21,22)23)13-6-4-3-5-7-13/h3-9,11,14,25-26H,10H2,1-2H3,(H,24,28)/t14-,19+/m0/s1. The number of hydrogen-bond acceptors (Lipinski definition) is 6. The molecule has 2 aromatic carbocycles. The Morgan fingerprint density at radius 2 is 1.67 bits per heavy atom. The van der Waals surface area contributed by atoms with Crippen LogP contribution in [0, 0.1) is 0 Å². The molecule has 0 radical (unpaired) electrons. The molecule has 2 atom stereocenters. The lowest BCUT2D eigenvalue weighted by molar-refractivity contribution is -0.266. The molecule has 2 rings (SSSR count). The molecule has 0 saturated carbocycles. The summed E-state index contributed by atoms with van der Waals surface area (Å²) >= 11 is 0. The molecular weight excluding hydrogens is 407 g/mol. The summed E-state index contributed by atoms with van der Waals surface area (Å²) in [4.78, 5) is 25.0. The number of rotatable bonds is 7. The van der Waals surface area contributed by atoms with E-state index in [1.165, 1.54) is 24.3 Å². The molecule has 10 heteroatoms. The number of hydrogen-bond donors (Lipinski definition) is 3. The molecule has 0 aliphatic heterocycles. The van der Waals surface area contributed by atoms with Crippen LogP contribution in [-0.2, 0) is 31.1 Å². The fourth-order valence-electron chi connectivity index (χ4n) is 2.95. The summed E-state index contributed by atoms with van der Waals surface area (Å²) in [7, 11) is 1.76. The summed E-state index contributed by atoms with van der Waals surface area (Å²) in [5, 5.41) is 21.0. The van der Waals surface area contributed by atoms with E-state index < -0.39 is 46.8 Å². The van der Waals surface area contributed by atoms with Gasteiger partial charge in [-0.2, -0.15) is 13.2 Å². The minimum absolute atomic E-state index is 0.260. The van der Waals surface area contributed by atoms with Crippen molar-refractivity contribution in [3.8, 4) is 11.5 Å². The molecule has 1 amide bonds. The van der Waals surface area contributed by atoms with Crippen molar-refractivity contribution in [3.63, 3.8) is 0 Å². The van der Waals surface area contributed by atoms with Crippen molar-refractivity contribution in [2.75, 3.05) is 14.2 Å². The van der Waals surface area contributed by atoms with Gasteiger partial charge in [0.05, 0.1) is 7.11 Å². The van der Waals surface area contributed by atoms with Gasteiger partial charge in [-0.05, 0) is 17.7 Å². The first-order valence-corrected chi connectivity index (χ1v) is 8.64. The van der Waals surface area contributed by atoms with E-state index in [1.807, 2.05) is 5.32 Å². The monoisotopic (exact) mass is 427 g/mol. The lowest BCUT2D eigenvalue weighted by atomic mass is 9.91. The number of alkyl halides is 3. The van der Waals surface area contributed by atoms with Gasteiger partial charge < -0.3 is 25.0 Å². The minimum atomic E-state index is -5.15.